The highest BCUT2D eigenvalue weighted by Crippen LogP contribution is 2.30. The Morgan fingerprint density at radius 1 is 1.10 bits per heavy atom. The second kappa shape index (κ2) is 8.63. The van der Waals surface area contributed by atoms with Gasteiger partial charge < -0.3 is 14.6 Å². The summed E-state index contributed by atoms with van der Waals surface area (Å²) in [6.07, 6.45) is 3.57. The van der Waals surface area contributed by atoms with Crippen LogP contribution in [0.1, 0.15) is 29.0 Å². The topological polar surface area (TPSA) is 106 Å². The van der Waals surface area contributed by atoms with Crippen molar-refractivity contribution in [1.82, 2.24) is 19.5 Å². The predicted molar refractivity (Wildman–Crippen MR) is 115 cm³/mol. The maximum Gasteiger partial charge on any atom is 0.329 e. The standard InChI is InChI=1S/C23H20N6O2/c1-29-13-12-25-22(29)19(15-8-4-3-5-9-15)28-21-20(16(14-24)23(30)31-2)26-17-10-6-7-11-18(17)27-21/h3-13,16,19H,1-2H3,(H,27,28)/t16-,19-/m0/s1. The van der Waals surface area contributed by atoms with Crippen LogP contribution in [-0.2, 0) is 16.6 Å². The molecule has 31 heavy (non-hydrogen) atoms. The average molecular weight is 412 g/mol. The SMILES string of the molecule is COC(=O)[C@@H](C#N)c1nc2ccccc2nc1N[C@@H](c1ccccc1)c1nccn1C. The van der Waals surface area contributed by atoms with E-state index in [1.54, 1.807) is 12.3 Å². The molecule has 0 aliphatic carbocycles. The van der Waals surface area contributed by atoms with Gasteiger partial charge in [-0.2, -0.15) is 5.26 Å². The lowest BCUT2D eigenvalue weighted by Gasteiger charge is -2.22. The Kier molecular flexibility index (Phi) is 5.58. The number of esters is 1. The number of carbonyl (C=O) groups is 1. The number of hydrogen-bond donors (Lipinski definition) is 1. The van der Waals surface area contributed by atoms with Gasteiger partial charge in [0.25, 0.3) is 0 Å². The number of ether oxygens (including phenoxy) is 1. The summed E-state index contributed by atoms with van der Waals surface area (Å²) in [6, 6.07) is 18.7. The van der Waals surface area contributed by atoms with Crippen LogP contribution < -0.4 is 5.32 Å². The van der Waals surface area contributed by atoms with Gasteiger partial charge in [0, 0.05) is 19.4 Å². The number of nitrogens with one attached hydrogen (secondary N) is 1. The number of carbonyl (C=O) groups excluding carboxylic acids is 1. The normalized spacial score (nSPS) is 12.7. The zero-order chi connectivity index (χ0) is 21.8. The second-order valence-electron chi connectivity index (χ2n) is 6.92. The zero-order valence-corrected chi connectivity index (χ0v) is 17.1. The van der Waals surface area contributed by atoms with E-state index in [9.17, 15) is 10.1 Å². The monoisotopic (exact) mass is 412 g/mol. The number of nitrogens with zero attached hydrogens (tertiary/aromatic N) is 5. The Bertz CT molecular complexity index is 1260. The van der Waals surface area contributed by atoms with Crippen LogP contribution in [0.25, 0.3) is 11.0 Å². The Balaban J connectivity index is 1.88. The van der Waals surface area contributed by atoms with Crippen LogP contribution in [-0.4, -0.2) is 32.6 Å². The quantitative estimate of drug-likeness (QED) is 0.484. The molecule has 2 aromatic heterocycles. The molecule has 0 spiro atoms. The fourth-order valence-electron chi connectivity index (χ4n) is 3.40. The van der Waals surface area contributed by atoms with Gasteiger partial charge >= 0.3 is 5.97 Å². The summed E-state index contributed by atoms with van der Waals surface area (Å²) in [4.78, 5) is 26.1. The summed E-state index contributed by atoms with van der Waals surface area (Å²) < 4.78 is 6.74. The molecular weight excluding hydrogens is 392 g/mol. The lowest BCUT2D eigenvalue weighted by Crippen LogP contribution is -2.22. The number of para-hydroxylation sites is 2. The summed E-state index contributed by atoms with van der Waals surface area (Å²) in [7, 11) is 3.15. The van der Waals surface area contributed by atoms with Crippen molar-refractivity contribution >= 4 is 22.8 Å². The van der Waals surface area contributed by atoms with E-state index in [2.05, 4.69) is 15.3 Å². The minimum Gasteiger partial charge on any atom is -0.468 e. The molecule has 1 N–H and O–H groups in total. The first-order chi connectivity index (χ1) is 15.1. The lowest BCUT2D eigenvalue weighted by atomic mass is 10.0. The molecule has 0 bridgehead atoms. The number of fused-ring (bicyclic) bond motifs is 1. The molecule has 8 nitrogen and oxygen atoms in total. The first-order valence-electron chi connectivity index (χ1n) is 9.65. The largest absolute Gasteiger partial charge is 0.468 e. The highest BCUT2D eigenvalue weighted by molar-refractivity contribution is 5.85. The van der Waals surface area contributed by atoms with Gasteiger partial charge in [-0.25, -0.2) is 15.0 Å². The van der Waals surface area contributed by atoms with Crippen molar-refractivity contribution in [3.63, 3.8) is 0 Å². The van der Waals surface area contributed by atoms with E-state index in [4.69, 9.17) is 9.72 Å². The summed E-state index contributed by atoms with van der Waals surface area (Å²) >= 11 is 0. The van der Waals surface area contributed by atoms with Gasteiger partial charge in [0.15, 0.2) is 11.7 Å². The molecule has 8 heteroatoms. The molecule has 0 aliphatic rings. The molecule has 0 unspecified atom stereocenters. The van der Waals surface area contributed by atoms with Crippen LogP contribution in [0.4, 0.5) is 5.82 Å². The summed E-state index contributed by atoms with van der Waals surface area (Å²) in [5.41, 5.74) is 2.38. The van der Waals surface area contributed by atoms with Crippen molar-refractivity contribution in [2.45, 2.75) is 12.0 Å². The van der Waals surface area contributed by atoms with E-state index in [0.717, 1.165) is 11.4 Å². The number of imidazole rings is 1. The molecule has 0 fully saturated rings. The minimum absolute atomic E-state index is 0.211. The van der Waals surface area contributed by atoms with Gasteiger partial charge in [0.1, 0.15) is 17.6 Å². The van der Waals surface area contributed by atoms with E-state index < -0.39 is 11.9 Å². The third-order valence-electron chi connectivity index (χ3n) is 4.97. The number of benzene rings is 2. The molecule has 0 aliphatic heterocycles. The highest BCUT2D eigenvalue weighted by Gasteiger charge is 2.29. The number of rotatable bonds is 6. The maximum atomic E-state index is 12.3. The van der Waals surface area contributed by atoms with Crippen molar-refractivity contribution < 1.29 is 9.53 Å². The Labute approximate surface area is 179 Å². The van der Waals surface area contributed by atoms with Crippen LogP contribution >= 0.6 is 0 Å². The number of anilines is 1. The van der Waals surface area contributed by atoms with Crippen LogP contribution in [0, 0.1) is 11.3 Å². The molecule has 154 valence electrons. The molecule has 4 aromatic rings. The molecule has 4 rings (SSSR count). The summed E-state index contributed by atoms with van der Waals surface area (Å²) in [6.45, 7) is 0. The van der Waals surface area contributed by atoms with E-state index >= 15 is 0 Å². The van der Waals surface area contributed by atoms with Gasteiger partial charge in [-0.1, -0.05) is 42.5 Å². The van der Waals surface area contributed by atoms with Gasteiger partial charge in [-0.15, -0.1) is 0 Å². The molecule has 0 saturated heterocycles. The van der Waals surface area contributed by atoms with E-state index in [-0.39, 0.29) is 11.7 Å². The van der Waals surface area contributed by atoms with Crippen LogP contribution in [0.5, 0.6) is 0 Å². The van der Waals surface area contributed by atoms with Gasteiger partial charge in [0.2, 0.25) is 0 Å². The number of aryl methyl sites for hydroxylation is 1. The smallest absolute Gasteiger partial charge is 0.329 e. The molecule has 2 atom stereocenters. The molecule has 2 aromatic carbocycles. The molecule has 0 amide bonds. The fourth-order valence-corrected chi connectivity index (χ4v) is 3.40. The maximum absolute atomic E-state index is 12.3. The third-order valence-corrected chi connectivity index (χ3v) is 4.97. The highest BCUT2D eigenvalue weighted by atomic mass is 16.5. The number of hydrogen-bond acceptors (Lipinski definition) is 7. The minimum atomic E-state index is -1.22. The average Bonchev–Trinajstić information content (AvgIpc) is 3.23. The van der Waals surface area contributed by atoms with Crippen molar-refractivity contribution in [2.24, 2.45) is 7.05 Å². The molecule has 2 heterocycles. The van der Waals surface area contributed by atoms with Gasteiger partial charge in [-0.05, 0) is 17.7 Å². The Hall–Kier alpha value is -4.25. The van der Waals surface area contributed by atoms with Crippen molar-refractivity contribution in [2.75, 3.05) is 12.4 Å². The van der Waals surface area contributed by atoms with Crippen molar-refractivity contribution in [3.05, 3.63) is 84.1 Å². The zero-order valence-electron chi connectivity index (χ0n) is 17.1. The van der Waals surface area contributed by atoms with E-state index in [1.165, 1.54) is 7.11 Å². The number of methoxy groups -OCH3 is 1. The molecular formula is C23H20N6O2. The first-order valence-corrected chi connectivity index (χ1v) is 9.65. The number of nitriles is 1. The van der Waals surface area contributed by atoms with Crippen LogP contribution in [0.15, 0.2) is 67.0 Å². The Morgan fingerprint density at radius 3 is 2.39 bits per heavy atom. The van der Waals surface area contributed by atoms with Crippen molar-refractivity contribution in [3.8, 4) is 6.07 Å². The van der Waals surface area contributed by atoms with Crippen molar-refractivity contribution in [1.29, 1.82) is 5.26 Å². The summed E-state index contributed by atoms with van der Waals surface area (Å²) in [5, 5.41) is 13.1. The molecule has 0 saturated carbocycles. The fraction of sp³-hybridized carbons (Fsp3) is 0.174. The summed E-state index contributed by atoms with van der Waals surface area (Å²) in [5.74, 6) is -0.836. The number of aromatic nitrogens is 4. The lowest BCUT2D eigenvalue weighted by molar-refractivity contribution is -0.141. The third kappa shape index (κ3) is 3.94. The van der Waals surface area contributed by atoms with E-state index in [0.29, 0.717) is 16.9 Å². The predicted octanol–water partition coefficient (Wildman–Crippen LogP) is 3.34. The Morgan fingerprint density at radius 2 is 1.77 bits per heavy atom. The first kappa shape index (κ1) is 20.0. The van der Waals surface area contributed by atoms with Gasteiger partial charge in [0.05, 0.1) is 24.2 Å². The van der Waals surface area contributed by atoms with E-state index in [1.807, 2.05) is 72.4 Å². The van der Waals surface area contributed by atoms with Crippen LogP contribution in [0.2, 0.25) is 0 Å². The second-order valence-corrected chi connectivity index (χ2v) is 6.92. The van der Waals surface area contributed by atoms with Crippen LogP contribution in [0.3, 0.4) is 0 Å². The van der Waals surface area contributed by atoms with Gasteiger partial charge in [-0.3, -0.25) is 4.79 Å². The molecule has 0 radical (unpaired) electrons.